The van der Waals surface area contributed by atoms with Crippen LogP contribution in [-0.4, -0.2) is 23.3 Å². The average molecular weight is 387 g/mol. The number of amides is 2. The first kappa shape index (κ1) is 16.7. The van der Waals surface area contributed by atoms with Crippen molar-refractivity contribution in [2.45, 2.75) is 26.3 Å². The summed E-state index contributed by atoms with van der Waals surface area (Å²) in [6, 6.07) is 13.2. The highest BCUT2D eigenvalue weighted by Crippen LogP contribution is 2.23. The van der Waals surface area contributed by atoms with Crippen LogP contribution in [0.1, 0.15) is 34.8 Å². The number of nitrogens with one attached hydrogen (secondary N) is 1. The highest BCUT2D eigenvalue weighted by atomic mass is 79.9. The van der Waals surface area contributed by atoms with Gasteiger partial charge in [-0.1, -0.05) is 35.0 Å². The van der Waals surface area contributed by atoms with Crippen molar-refractivity contribution >= 4 is 33.4 Å². The maximum Gasteiger partial charge on any atom is 0.255 e. The second-order valence-electron chi connectivity index (χ2n) is 5.87. The molecule has 1 heterocycles. The molecule has 0 unspecified atom stereocenters. The van der Waals surface area contributed by atoms with Crippen LogP contribution in [0.25, 0.3) is 0 Å². The van der Waals surface area contributed by atoms with Gasteiger partial charge in [0.1, 0.15) is 0 Å². The molecule has 0 saturated heterocycles. The molecule has 0 aliphatic carbocycles. The van der Waals surface area contributed by atoms with Gasteiger partial charge in [-0.3, -0.25) is 9.59 Å². The summed E-state index contributed by atoms with van der Waals surface area (Å²) in [7, 11) is 0. The molecular formula is C19H19BrN2O2. The van der Waals surface area contributed by atoms with Gasteiger partial charge in [-0.15, -0.1) is 0 Å². The Hall–Kier alpha value is -2.14. The van der Waals surface area contributed by atoms with E-state index in [2.05, 4.69) is 21.2 Å². The smallest absolute Gasteiger partial charge is 0.255 e. The van der Waals surface area contributed by atoms with E-state index >= 15 is 0 Å². The minimum atomic E-state index is -0.145. The van der Waals surface area contributed by atoms with Crippen LogP contribution < -0.4 is 5.32 Å². The third-order valence-corrected chi connectivity index (χ3v) is 4.71. The molecule has 0 aromatic heterocycles. The third-order valence-electron chi connectivity index (χ3n) is 4.22. The van der Waals surface area contributed by atoms with E-state index < -0.39 is 0 Å². The van der Waals surface area contributed by atoms with Gasteiger partial charge in [0.2, 0.25) is 5.91 Å². The number of halogens is 1. The van der Waals surface area contributed by atoms with E-state index in [-0.39, 0.29) is 11.8 Å². The van der Waals surface area contributed by atoms with Crippen LogP contribution in [0.3, 0.4) is 0 Å². The Bertz CT molecular complexity index is 789. The number of anilines is 1. The van der Waals surface area contributed by atoms with Gasteiger partial charge in [0, 0.05) is 35.2 Å². The molecule has 0 saturated carbocycles. The number of carbonyl (C=O) groups excluding carboxylic acids is 2. The van der Waals surface area contributed by atoms with Gasteiger partial charge in [-0.2, -0.15) is 0 Å². The van der Waals surface area contributed by atoms with Crippen LogP contribution in [0.15, 0.2) is 46.9 Å². The van der Waals surface area contributed by atoms with Crippen molar-refractivity contribution in [2.75, 3.05) is 11.9 Å². The minimum Gasteiger partial charge on any atom is -0.338 e. The Morgan fingerprint density at radius 3 is 2.75 bits per heavy atom. The Balaban J connectivity index is 1.76. The quantitative estimate of drug-likeness (QED) is 0.866. The van der Waals surface area contributed by atoms with Gasteiger partial charge in [0.15, 0.2) is 0 Å². The molecule has 0 radical (unpaired) electrons. The van der Waals surface area contributed by atoms with Gasteiger partial charge in [-0.25, -0.2) is 0 Å². The molecule has 2 aromatic carbocycles. The number of rotatable bonds is 3. The second kappa shape index (κ2) is 7.18. The maximum absolute atomic E-state index is 12.4. The molecule has 124 valence electrons. The topological polar surface area (TPSA) is 49.4 Å². The molecule has 0 spiro atoms. The Morgan fingerprint density at radius 2 is 2.00 bits per heavy atom. The first-order valence-electron chi connectivity index (χ1n) is 8.03. The SMILES string of the molecule is CCC(=O)N1CCc2ccc(NC(=O)c3cccc(Br)c3)cc2C1. The Labute approximate surface area is 150 Å². The van der Waals surface area contributed by atoms with Crippen LogP contribution >= 0.6 is 15.9 Å². The molecule has 24 heavy (non-hydrogen) atoms. The molecule has 2 amide bonds. The lowest BCUT2D eigenvalue weighted by atomic mass is 9.98. The van der Waals surface area contributed by atoms with E-state index in [1.165, 1.54) is 5.56 Å². The van der Waals surface area contributed by atoms with Crippen LogP contribution in [-0.2, 0) is 17.8 Å². The lowest BCUT2D eigenvalue weighted by Crippen LogP contribution is -2.35. The number of hydrogen-bond donors (Lipinski definition) is 1. The number of carbonyl (C=O) groups is 2. The summed E-state index contributed by atoms with van der Waals surface area (Å²) in [5, 5.41) is 2.93. The van der Waals surface area contributed by atoms with Gasteiger partial charge in [0.05, 0.1) is 0 Å². The van der Waals surface area contributed by atoms with E-state index in [1.807, 2.05) is 42.2 Å². The monoisotopic (exact) mass is 386 g/mol. The molecule has 4 nitrogen and oxygen atoms in total. The lowest BCUT2D eigenvalue weighted by molar-refractivity contribution is -0.131. The largest absolute Gasteiger partial charge is 0.338 e. The van der Waals surface area contributed by atoms with Gasteiger partial charge in [0.25, 0.3) is 5.91 Å². The summed E-state index contributed by atoms with van der Waals surface area (Å²) < 4.78 is 0.870. The van der Waals surface area contributed by atoms with Gasteiger partial charge in [-0.05, 0) is 47.9 Å². The normalized spacial score (nSPS) is 13.3. The van der Waals surface area contributed by atoms with Crippen LogP contribution in [0.5, 0.6) is 0 Å². The summed E-state index contributed by atoms with van der Waals surface area (Å²) in [4.78, 5) is 26.1. The van der Waals surface area contributed by atoms with E-state index in [0.29, 0.717) is 18.5 Å². The Morgan fingerprint density at radius 1 is 1.17 bits per heavy atom. The molecule has 0 atom stereocenters. The van der Waals surface area contributed by atoms with Gasteiger partial charge >= 0.3 is 0 Å². The molecule has 0 fully saturated rings. The zero-order valence-electron chi connectivity index (χ0n) is 13.5. The van der Waals surface area contributed by atoms with E-state index in [4.69, 9.17) is 0 Å². The molecule has 3 rings (SSSR count). The maximum atomic E-state index is 12.4. The number of hydrogen-bond acceptors (Lipinski definition) is 2. The number of benzene rings is 2. The minimum absolute atomic E-state index is 0.145. The fourth-order valence-corrected chi connectivity index (χ4v) is 3.30. The summed E-state index contributed by atoms with van der Waals surface area (Å²) in [6.07, 6.45) is 1.38. The molecular weight excluding hydrogens is 368 g/mol. The molecule has 5 heteroatoms. The average Bonchev–Trinajstić information content (AvgIpc) is 2.60. The summed E-state index contributed by atoms with van der Waals surface area (Å²) >= 11 is 3.37. The third kappa shape index (κ3) is 3.67. The van der Waals surface area contributed by atoms with Crippen molar-refractivity contribution in [3.05, 3.63) is 63.6 Å². The zero-order chi connectivity index (χ0) is 17.1. The number of fused-ring (bicyclic) bond motifs is 1. The van der Waals surface area contributed by atoms with Crippen LogP contribution in [0.4, 0.5) is 5.69 Å². The standard InChI is InChI=1S/C19H19BrN2O2/c1-2-18(23)22-9-8-13-6-7-17(11-15(13)12-22)21-19(24)14-4-3-5-16(20)10-14/h3-7,10-11H,2,8-9,12H2,1H3,(H,21,24). The molecule has 0 bridgehead atoms. The zero-order valence-corrected chi connectivity index (χ0v) is 15.1. The van der Waals surface area contributed by atoms with Crippen molar-refractivity contribution in [3.8, 4) is 0 Å². The van der Waals surface area contributed by atoms with Crippen molar-refractivity contribution < 1.29 is 9.59 Å². The summed E-state index contributed by atoms with van der Waals surface area (Å²) in [6.45, 7) is 3.26. The molecule has 1 N–H and O–H groups in total. The highest BCUT2D eigenvalue weighted by molar-refractivity contribution is 9.10. The summed E-state index contributed by atoms with van der Waals surface area (Å²) in [5.41, 5.74) is 3.71. The Kier molecular flexibility index (Phi) is 5.00. The second-order valence-corrected chi connectivity index (χ2v) is 6.78. The van der Waals surface area contributed by atoms with E-state index in [0.717, 1.165) is 28.7 Å². The van der Waals surface area contributed by atoms with Gasteiger partial charge < -0.3 is 10.2 Å². The first-order chi connectivity index (χ1) is 11.6. The highest BCUT2D eigenvalue weighted by Gasteiger charge is 2.20. The van der Waals surface area contributed by atoms with Crippen molar-refractivity contribution in [3.63, 3.8) is 0 Å². The fraction of sp³-hybridized carbons (Fsp3) is 0.263. The van der Waals surface area contributed by atoms with E-state index in [9.17, 15) is 9.59 Å². The predicted octanol–water partition coefficient (Wildman–Crippen LogP) is 4.00. The number of nitrogens with zero attached hydrogens (tertiary/aromatic N) is 1. The van der Waals surface area contributed by atoms with E-state index in [1.54, 1.807) is 12.1 Å². The fourth-order valence-electron chi connectivity index (χ4n) is 2.90. The van der Waals surface area contributed by atoms with Crippen LogP contribution in [0, 0.1) is 0 Å². The lowest BCUT2D eigenvalue weighted by Gasteiger charge is -2.29. The molecule has 2 aromatic rings. The first-order valence-corrected chi connectivity index (χ1v) is 8.82. The molecule has 1 aliphatic rings. The molecule has 1 aliphatic heterocycles. The van der Waals surface area contributed by atoms with Crippen molar-refractivity contribution in [1.82, 2.24) is 4.90 Å². The van der Waals surface area contributed by atoms with Crippen LogP contribution in [0.2, 0.25) is 0 Å². The predicted molar refractivity (Wildman–Crippen MR) is 97.9 cm³/mol. The van der Waals surface area contributed by atoms with Crippen molar-refractivity contribution in [1.29, 1.82) is 0 Å². The summed E-state index contributed by atoms with van der Waals surface area (Å²) in [5.74, 6) is 0.0257. The van der Waals surface area contributed by atoms with Crippen molar-refractivity contribution in [2.24, 2.45) is 0 Å².